The molecule has 2 saturated heterocycles. The number of urea groups is 1. The number of unbranched alkanes of at least 4 members (excludes halogenated alkanes) is 1. The van der Waals surface area contributed by atoms with Gasteiger partial charge in [-0.05, 0) is 29.7 Å². The van der Waals surface area contributed by atoms with Crippen LogP contribution in [-0.2, 0) is 22.7 Å². The van der Waals surface area contributed by atoms with Gasteiger partial charge in [-0.25, -0.2) is 9.80 Å². The van der Waals surface area contributed by atoms with Gasteiger partial charge in [0.25, 0.3) is 0 Å². The Kier molecular flexibility index (Phi) is 8.85. The fourth-order valence-corrected chi connectivity index (χ4v) is 5.41. The van der Waals surface area contributed by atoms with E-state index in [2.05, 4.69) is 34.1 Å². The zero-order chi connectivity index (χ0) is 26.4. The summed E-state index contributed by atoms with van der Waals surface area (Å²) in [4.78, 5) is 44.0. The first-order valence-electron chi connectivity index (χ1n) is 12.6. The van der Waals surface area contributed by atoms with Gasteiger partial charge in [-0.2, -0.15) is 5.01 Å². The summed E-state index contributed by atoms with van der Waals surface area (Å²) in [5.74, 6) is 2.29. The van der Waals surface area contributed by atoms with Crippen LogP contribution in [0.2, 0.25) is 0 Å². The number of nitrogens with one attached hydrogen (secondary N) is 1. The van der Waals surface area contributed by atoms with Crippen molar-refractivity contribution in [2.45, 2.75) is 51.5 Å². The van der Waals surface area contributed by atoms with Crippen LogP contribution < -0.4 is 5.32 Å². The molecule has 0 saturated carbocycles. The van der Waals surface area contributed by atoms with E-state index >= 15 is 0 Å². The monoisotopic (exact) mass is 565 g/mol. The lowest BCUT2D eigenvalue weighted by Gasteiger charge is -2.55. The second-order valence-electron chi connectivity index (χ2n) is 9.30. The minimum atomic E-state index is -0.655. The van der Waals surface area contributed by atoms with E-state index in [4.69, 9.17) is 6.42 Å². The third-order valence-corrected chi connectivity index (χ3v) is 7.19. The lowest BCUT2D eigenvalue weighted by molar-refractivity contribution is -0.189. The smallest absolute Gasteiger partial charge is 0.333 e. The number of benzene rings is 2. The molecule has 2 heterocycles. The molecule has 0 bridgehead atoms. The Morgan fingerprint density at radius 1 is 1.14 bits per heavy atom. The highest BCUT2D eigenvalue weighted by Crippen LogP contribution is 2.30. The molecule has 194 valence electrons. The van der Waals surface area contributed by atoms with E-state index < -0.39 is 12.2 Å². The molecular formula is C28H32BrN5O3. The molecule has 8 nitrogen and oxygen atoms in total. The molecule has 37 heavy (non-hydrogen) atoms. The van der Waals surface area contributed by atoms with Crippen molar-refractivity contribution in [2.24, 2.45) is 0 Å². The van der Waals surface area contributed by atoms with Crippen LogP contribution in [0.15, 0.2) is 59.1 Å². The Morgan fingerprint density at radius 3 is 2.59 bits per heavy atom. The predicted octanol–water partition coefficient (Wildman–Crippen LogP) is 3.58. The van der Waals surface area contributed by atoms with Crippen molar-refractivity contribution >= 4 is 33.8 Å². The number of piperazine rings is 1. The molecule has 2 fully saturated rings. The van der Waals surface area contributed by atoms with Crippen LogP contribution in [0.5, 0.6) is 0 Å². The zero-order valence-corrected chi connectivity index (χ0v) is 22.6. The average molecular weight is 567 g/mol. The number of halogens is 1. The highest BCUT2D eigenvalue weighted by atomic mass is 79.9. The predicted molar refractivity (Wildman–Crippen MR) is 144 cm³/mol. The SMILES string of the molecule is C#CCN1CC(=O)N2[C@@H](CCCC)C(=O)N(Cc3cccc(Br)c3)C[C@@H]2N1C(=O)NCc1ccccc1. The van der Waals surface area contributed by atoms with Gasteiger partial charge in [-0.15, -0.1) is 6.42 Å². The van der Waals surface area contributed by atoms with Gasteiger partial charge >= 0.3 is 6.03 Å². The van der Waals surface area contributed by atoms with Crippen LogP contribution in [0.1, 0.15) is 37.3 Å². The molecule has 0 aromatic heterocycles. The van der Waals surface area contributed by atoms with Crippen LogP contribution >= 0.6 is 15.9 Å². The molecule has 2 atom stereocenters. The normalized spacial score (nSPS) is 20.0. The van der Waals surface area contributed by atoms with Crippen LogP contribution in [0.4, 0.5) is 4.79 Å². The molecule has 2 aliphatic heterocycles. The molecule has 4 rings (SSSR count). The second-order valence-corrected chi connectivity index (χ2v) is 10.2. The van der Waals surface area contributed by atoms with E-state index in [1.807, 2.05) is 54.6 Å². The van der Waals surface area contributed by atoms with E-state index in [1.165, 1.54) is 0 Å². The Morgan fingerprint density at radius 2 is 1.89 bits per heavy atom. The van der Waals surface area contributed by atoms with Gasteiger partial charge in [0.15, 0.2) is 0 Å². The van der Waals surface area contributed by atoms with Gasteiger partial charge in [0, 0.05) is 17.6 Å². The van der Waals surface area contributed by atoms with Crippen molar-refractivity contribution in [1.82, 2.24) is 25.1 Å². The lowest BCUT2D eigenvalue weighted by atomic mass is 10.0. The molecular weight excluding hydrogens is 534 g/mol. The highest BCUT2D eigenvalue weighted by Gasteiger charge is 2.51. The summed E-state index contributed by atoms with van der Waals surface area (Å²) >= 11 is 3.50. The van der Waals surface area contributed by atoms with Gasteiger partial charge in [0.2, 0.25) is 11.8 Å². The maximum atomic E-state index is 13.7. The summed E-state index contributed by atoms with van der Waals surface area (Å²) in [6.45, 7) is 3.02. The summed E-state index contributed by atoms with van der Waals surface area (Å²) in [6.07, 6.45) is 7.20. The quantitative estimate of drug-likeness (QED) is 0.496. The largest absolute Gasteiger partial charge is 0.334 e. The Bertz CT molecular complexity index is 1170. The summed E-state index contributed by atoms with van der Waals surface area (Å²) < 4.78 is 0.925. The molecule has 2 aromatic carbocycles. The average Bonchev–Trinajstić information content (AvgIpc) is 2.88. The number of nitrogens with zero attached hydrogens (tertiary/aromatic N) is 4. The number of hydrazine groups is 1. The van der Waals surface area contributed by atoms with Crippen molar-refractivity contribution in [3.8, 4) is 12.3 Å². The number of carbonyl (C=O) groups excluding carboxylic acids is 3. The fraction of sp³-hybridized carbons (Fsp3) is 0.393. The molecule has 0 aliphatic carbocycles. The van der Waals surface area contributed by atoms with Crippen LogP contribution in [0, 0.1) is 12.3 Å². The van der Waals surface area contributed by atoms with Crippen molar-refractivity contribution in [2.75, 3.05) is 19.6 Å². The number of rotatable bonds is 8. The molecule has 0 radical (unpaired) electrons. The summed E-state index contributed by atoms with van der Waals surface area (Å²) in [5.41, 5.74) is 1.92. The summed E-state index contributed by atoms with van der Waals surface area (Å²) in [5, 5.41) is 6.13. The second kappa shape index (κ2) is 12.3. The van der Waals surface area contributed by atoms with Crippen molar-refractivity contribution in [1.29, 1.82) is 0 Å². The van der Waals surface area contributed by atoms with Gasteiger partial charge < -0.3 is 15.1 Å². The first kappa shape index (κ1) is 26.7. The third kappa shape index (κ3) is 6.14. The lowest BCUT2D eigenvalue weighted by Crippen LogP contribution is -2.76. The third-order valence-electron chi connectivity index (χ3n) is 6.69. The van der Waals surface area contributed by atoms with Gasteiger partial charge in [0.1, 0.15) is 12.2 Å². The Balaban J connectivity index is 1.65. The zero-order valence-electron chi connectivity index (χ0n) is 21.0. The number of amides is 4. The molecule has 0 spiro atoms. The number of hydrogen-bond acceptors (Lipinski definition) is 4. The minimum Gasteiger partial charge on any atom is -0.333 e. The molecule has 0 unspecified atom stereocenters. The molecule has 1 N–H and O–H groups in total. The number of hydrogen-bond donors (Lipinski definition) is 1. The van der Waals surface area contributed by atoms with Crippen molar-refractivity contribution in [3.63, 3.8) is 0 Å². The number of terminal acetylenes is 1. The van der Waals surface area contributed by atoms with Crippen LogP contribution in [0.3, 0.4) is 0 Å². The summed E-state index contributed by atoms with van der Waals surface area (Å²) in [6, 6.07) is 16.4. The Labute approximate surface area is 226 Å². The maximum absolute atomic E-state index is 13.7. The molecule has 2 aliphatic rings. The number of carbonyl (C=O) groups is 3. The van der Waals surface area contributed by atoms with Crippen LogP contribution in [-0.4, -0.2) is 69.5 Å². The first-order chi connectivity index (χ1) is 17.9. The van der Waals surface area contributed by atoms with E-state index in [0.29, 0.717) is 19.5 Å². The Hall–Kier alpha value is -3.35. The molecule has 2 aromatic rings. The van der Waals surface area contributed by atoms with E-state index in [0.717, 1.165) is 28.4 Å². The standard InChI is InChI=1S/C28H32BrN5O3/c1-3-5-14-24-27(36)31(18-22-12-9-13-23(29)16-22)19-25-33(24)26(35)20-32(15-4-2)34(25)28(37)30-17-21-10-7-6-8-11-21/h2,6-13,16,24-25H,3,5,14-15,17-20H2,1H3,(H,30,37)/t24-,25-/m0/s1. The van der Waals surface area contributed by atoms with Crippen LogP contribution in [0.25, 0.3) is 0 Å². The highest BCUT2D eigenvalue weighted by molar-refractivity contribution is 9.10. The van der Waals surface area contributed by atoms with E-state index in [-0.39, 0.29) is 37.5 Å². The van der Waals surface area contributed by atoms with Gasteiger partial charge in [0.05, 0.1) is 19.6 Å². The van der Waals surface area contributed by atoms with Crippen molar-refractivity contribution in [3.05, 3.63) is 70.2 Å². The van der Waals surface area contributed by atoms with Gasteiger partial charge in [-0.1, -0.05) is 84.1 Å². The minimum absolute atomic E-state index is 0.0546. The van der Waals surface area contributed by atoms with Gasteiger partial charge in [-0.3, -0.25) is 9.59 Å². The summed E-state index contributed by atoms with van der Waals surface area (Å²) in [7, 11) is 0. The molecule has 4 amide bonds. The maximum Gasteiger partial charge on any atom is 0.334 e. The van der Waals surface area contributed by atoms with E-state index in [9.17, 15) is 14.4 Å². The topological polar surface area (TPSA) is 76.2 Å². The number of fused-ring (bicyclic) bond motifs is 1. The first-order valence-corrected chi connectivity index (χ1v) is 13.4. The molecule has 9 heteroatoms. The fourth-order valence-electron chi connectivity index (χ4n) is 4.96. The van der Waals surface area contributed by atoms with Crippen molar-refractivity contribution < 1.29 is 14.4 Å². The van der Waals surface area contributed by atoms with E-state index in [1.54, 1.807) is 19.8 Å².